The Labute approximate surface area is 92.1 Å². The second-order valence-electron chi connectivity index (χ2n) is 4.52. The van der Waals surface area contributed by atoms with Gasteiger partial charge in [0, 0.05) is 18.6 Å². The number of likely N-dealkylation sites (N-methyl/N-ethyl adjacent to an activating group) is 1. The summed E-state index contributed by atoms with van der Waals surface area (Å²) in [6, 6.07) is 0. The molecule has 0 aromatic rings. The standard InChI is InChI=1S/C9H21N3O2S/c1-12(2)9(4-3-5-9)8-11-6-7-15(10,13)14/h11H,3-8H2,1-2H3,(H2,10,13,14). The molecule has 1 aliphatic carbocycles. The lowest BCUT2D eigenvalue weighted by molar-refractivity contribution is 0.0608. The molecule has 0 amide bonds. The Balaban J connectivity index is 2.25. The van der Waals surface area contributed by atoms with Crippen LogP contribution in [0.3, 0.4) is 0 Å². The van der Waals surface area contributed by atoms with Crippen LogP contribution >= 0.6 is 0 Å². The highest BCUT2D eigenvalue weighted by Crippen LogP contribution is 2.35. The minimum absolute atomic E-state index is 0.0104. The summed E-state index contributed by atoms with van der Waals surface area (Å²) in [5.74, 6) is 0.0104. The number of rotatable bonds is 6. The predicted octanol–water partition coefficient (Wildman–Crippen LogP) is -0.651. The molecule has 90 valence electrons. The molecule has 0 unspecified atom stereocenters. The SMILES string of the molecule is CN(C)C1(CNCCS(N)(=O)=O)CCC1. The lowest BCUT2D eigenvalue weighted by Gasteiger charge is -2.47. The molecule has 3 N–H and O–H groups in total. The quantitative estimate of drug-likeness (QED) is 0.600. The summed E-state index contributed by atoms with van der Waals surface area (Å²) >= 11 is 0. The van der Waals surface area contributed by atoms with E-state index in [0.717, 1.165) is 6.54 Å². The Bertz CT molecular complexity index is 296. The first-order chi connectivity index (χ1) is 6.86. The van der Waals surface area contributed by atoms with Gasteiger partial charge in [-0.05, 0) is 33.4 Å². The van der Waals surface area contributed by atoms with E-state index in [0.29, 0.717) is 6.54 Å². The molecule has 0 spiro atoms. The van der Waals surface area contributed by atoms with Gasteiger partial charge in [-0.3, -0.25) is 0 Å². The van der Waals surface area contributed by atoms with E-state index in [4.69, 9.17) is 5.14 Å². The number of primary sulfonamides is 1. The smallest absolute Gasteiger partial charge is 0.210 e. The van der Waals surface area contributed by atoms with E-state index in [9.17, 15) is 8.42 Å². The first-order valence-electron chi connectivity index (χ1n) is 5.24. The predicted molar refractivity (Wildman–Crippen MR) is 61.1 cm³/mol. The summed E-state index contributed by atoms with van der Waals surface area (Å²) in [6.07, 6.45) is 3.62. The molecule has 1 aliphatic rings. The third-order valence-corrected chi connectivity index (χ3v) is 4.02. The highest BCUT2D eigenvalue weighted by molar-refractivity contribution is 7.89. The first-order valence-corrected chi connectivity index (χ1v) is 6.96. The van der Waals surface area contributed by atoms with Crippen LogP contribution in [0, 0.1) is 0 Å². The number of sulfonamides is 1. The fraction of sp³-hybridized carbons (Fsp3) is 1.00. The molecule has 0 aromatic carbocycles. The van der Waals surface area contributed by atoms with Crippen molar-refractivity contribution in [2.45, 2.75) is 24.8 Å². The third-order valence-electron chi connectivity index (χ3n) is 3.25. The van der Waals surface area contributed by atoms with E-state index in [1.165, 1.54) is 19.3 Å². The van der Waals surface area contributed by atoms with E-state index >= 15 is 0 Å². The number of hydrogen-bond acceptors (Lipinski definition) is 4. The van der Waals surface area contributed by atoms with Gasteiger partial charge in [0.2, 0.25) is 10.0 Å². The van der Waals surface area contributed by atoms with Crippen LogP contribution in [0.25, 0.3) is 0 Å². The molecule has 0 heterocycles. The zero-order valence-electron chi connectivity index (χ0n) is 9.49. The van der Waals surface area contributed by atoms with Gasteiger partial charge >= 0.3 is 0 Å². The third kappa shape index (κ3) is 3.71. The van der Waals surface area contributed by atoms with Crippen molar-refractivity contribution in [2.24, 2.45) is 5.14 Å². The van der Waals surface area contributed by atoms with Crippen LogP contribution in [0.1, 0.15) is 19.3 Å². The van der Waals surface area contributed by atoms with E-state index in [-0.39, 0.29) is 11.3 Å². The second kappa shape index (κ2) is 4.78. The molecule has 6 heteroatoms. The summed E-state index contributed by atoms with van der Waals surface area (Å²) in [4.78, 5) is 2.22. The van der Waals surface area contributed by atoms with Crippen molar-refractivity contribution < 1.29 is 8.42 Å². The number of hydrogen-bond donors (Lipinski definition) is 2. The van der Waals surface area contributed by atoms with Crippen LogP contribution in [-0.2, 0) is 10.0 Å². The summed E-state index contributed by atoms with van der Waals surface area (Å²) in [5, 5.41) is 8.08. The summed E-state index contributed by atoms with van der Waals surface area (Å²) in [5.41, 5.74) is 0.234. The molecule has 0 aliphatic heterocycles. The molecule has 1 saturated carbocycles. The van der Waals surface area contributed by atoms with E-state index in [1.54, 1.807) is 0 Å². The Kier molecular flexibility index (Phi) is 4.11. The van der Waals surface area contributed by atoms with Crippen LogP contribution < -0.4 is 10.5 Å². The molecule has 0 atom stereocenters. The maximum absolute atomic E-state index is 10.7. The highest BCUT2D eigenvalue weighted by atomic mass is 32.2. The van der Waals surface area contributed by atoms with E-state index < -0.39 is 10.0 Å². The van der Waals surface area contributed by atoms with Crippen molar-refractivity contribution in [3.8, 4) is 0 Å². The Morgan fingerprint density at radius 3 is 2.33 bits per heavy atom. The van der Waals surface area contributed by atoms with Crippen molar-refractivity contribution in [3.05, 3.63) is 0 Å². The molecule has 0 saturated heterocycles. The Hall–Kier alpha value is -0.170. The van der Waals surface area contributed by atoms with Gasteiger partial charge in [0.1, 0.15) is 0 Å². The topological polar surface area (TPSA) is 75.4 Å². The molecule has 1 fully saturated rings. The van der Waals surface area contributed by atoms with E-state index in [2.05, 4.69) is 24.3 Å². The fourth-order valence-corrected chi connectivity index (χ4v) is 2.33. The zero-order chi connectivity index (χ0) is 11.5. The summed E-state index contributed by atoms with van der Waals surface area (Å²) < 4.78 is 21.4. The molecule has 15 heavy (non-hydrogen) atoms. The number of nitrogens with zero attached hydrogens (tertiary/aromatic N) is 1. The van der Waals surface area contributed by atoms with Gasteiger partial charge in [0.15, 0.2) is 0 Å². The van der Waals surface area contributed by atoms with Crippen LogP contribution in [0.15, 0.2) is 0 Å². The van der Waals surface area contributed by atoms with Crippen molar-refractivity contribution >= 4 is 10.0 Å². The van der Waals surface area contributed by atoms with Crippen LogP contribution in [0.5, 0.6) is 0 Å². The van der Waals surface area contributed by atoms with Gasteiger partial charge in [0.05, 0.1) is 5.75 Å². The van der Waals surface area contributed by atoms with Crippen molar-refractivity contribution in [1.29, 1.82) is 0 Å². The largest absolute Gasteiger partial charge is 0.314 e. The fourth-order valence-electron chi connectivity index (χ4n) is 1.90. The molecule has 5 nitrogen and oxygen atoms in total. The van der Waals surface area contributed by atoms with Gasteiger partial charge in [0.25, 0.3) is 0 Å². The molecular weight excluding hydrogens is 214 g/mol. The Morgan fingerprint density at radius 1 is 1.40 bits per heavy atom. The maximum Gasteiger partial charge on any atom is 0.210 e. The van der Waals surface area contributed by atoms with Crippen molar-refractivity contribution in [2.75, 3.05) is 32.9 Å². The maximum atomic E-state index is 10.7. The van der Waals surface area contributed by atoms with Gasteiger partial charge in [-0.2, -0.15) is 0 Å². The minimum Gasteiger partial charge on any atom is -0.314 e. The van der Waals surface area contributed by atoms with Gasteiger partial charge in [-0.15, -0.1) is 0 Å². The van der Waals surface area contributed by atoms with Gasteiger partial charge in [-0.25, -0.2) is 13.6 Å². The number of nitrogens with one attached hydrogen (secondary N) is 1. The summed E-state index contributed by atoms with van der Waals surface area (Å²) in [7, 11) is 0.813. The van der Waals surface area contributed by atoms with Crippen molar-refractivity contribution in [1.82, 2.24) is 10.2 Å². The monoisotopic (exact) mass is 235 g/mol. The molecule has 0 radical (unpaired) electrons. The first kappa shape index (κ1) is 12.9. The van der Waals surface area contributed by atoms with Crippen molar-refractivity contribution in [3.63, 3.8) is 0 Å². The summed E-state index contributed by atoms with van der Waals surface area (Å²) in [6.45, 7) is 1.28. The molecule has 1 rings (SSSR count). The average Bonchev–Trinajstić information content (AvgIpc) is 1.98. The Morgan fingerprint density at radius 2 is 2.00 bits per heavy atom. The molecular formula is C9H21N3O2S. The van der Waals surface area contributed by atoms with Crippen LogP contribution in [-0.4, -0.2) is 51.8 Å². The molecule has 0 bridgehead atoms. The zero-order valence-corrected chi connectivity index (χ0v) is 10.3. The van der Waals surface area contributed by atoms with Crippen LogP contribution in [0.2, 0.25) is 0 Å². The normalized spacial score (nSPS) is 20.3. The van der Waals surface area contributed by atoms with Gasteiger partial charge in [-0.1, -0.05) is 0 Å². The minimum atomic E-state index is -3.33. The van der Waals surface area contributed by atoms with Crippen LogP contribution in [0.4, 0.5) is 0 Å². The number of nitrogens with two attached hydrogens (primary N) is 1. The molecule has 0 aromatic heterocycles. The highest BCUT2D eigenvalue weighted by Gasteiger charge is 2.38. The van der Waals surface area contributed by atoms with E-state index in [1.807, 2.05) is 0 Å². The average molecular weight is 235 g/mol. The lowest BCUT2D eigenvalue weighted by Crippen LogP contribution is -2.56. The van der Waals surface area contributed by atoms with Gasteiger partial charge < -0.3 is 10.2 Å². The second-order valence-corrected chi connectivity index (χ2v) is 6.25. The lowest BCUT2D eigenvalue weighted by atomic mass is 9.75.